The number of fused-ring (bicyclic) bond motifs is 5. The molecule has 6 nitrogen and oxygen atoms in total. The summed E-state index contributed by atoms with van der Waals surface area (Å²) in [5, 5.41) is 3.01. The summed E-state index contributed by atoms with van der Waals surface area (Å²) < 4.78 is 0. The molecule has 4 atom stereocenters. The van der Waals surface area contributed by atoms with Crippen molar-refractivity contribution in [1.29, 1.82) is 0 Å². The maximum Gasteiger partial charge on any atom is 0.233 e. The molecule has 6 heteroatoms. The van der Waals surface area contributed by atoms with Crippen molar-refractivity contribution in [2.45, 2.75) is 32.7 Å². The molecule has 2 amide bonds. The Bertz CT molecular complexity index is 510. The number of carbonyl (C=O) groups excluding carboxylic acids is 2. The van der Waals surface area contributed by atoms with Crippen LogP contribution in [0.4, 0.5) is 0 Å². The standard InChI is InChI=1S/C16H24N4O2/c1-9(2)19-16(17)18-6-3-7-20-14(21)12-10-4-5-11(8-10)13(12)15(20)22/h4-5,9-13H,3,6-8H2,1-2H3,(H3,17,18,19). The summed E-state index contributed by atoms with van der Waals surface area (Å²) in [6.45, 7) is 4.95. The third kappa shape index (κ3) is 2.51. The molecular formula is C16H24N4O2. The molecule has 0 radical (unpaired) electrons. The van der Waals surface area contributed by atoms with Gasteiger partial charge in [-0.2, -0.15) is 0 Å². The Morgan fingerprint density at radius 1 is 1.32 bits per heavy atom. The van der Waals surface area contributed by atoms with Gasteiger partial charge in [-0.15, -0.1) is 0 Å². The second-order valence-corrected chi connectivity index (χ2v) is 6.75. The Labute approximate surface area is 130 Å². The van der Waals surface area contributed by atoms with Crippen molar-refractivity contribution >= 4 is 17.8 Å². The maximum absolute atomic E-state index is 12.5. The van der Waals surface area contributed by atoms with Crippen LogP contribution in [-0.2, 0) is 9.59 Å². The number of nitrogens with zero attached hydrogens (tertiary/aromatic N) is 2. The van der Waals surface area contributed by atoms with Crippen LogP contribution in [0, 0.1) is 23.7 Å². The largest absolute Gasteiger partial charge is 0.370 e. The number of aliphatic imine (C=N–C) groups is 1. The molecule has 0 aromatic rings. The molecule has 0 aromatic heterocycles. The Balaban J connectivity index is 1.52. The SMILES string of the molecule is CC(C)NC(N)=NCCCN1C(=O)C2C3C=CC(C3)C2C1=O. The van der Waals surface area contributed by atoms with Gasteiger partial charge < -0.3 is 11.1 Å². The summed E-state index contributed by atoms with van der Waals surface area (Å²) in [7, 11) is 0. The highest BCUT2D eigenvalue weighted by atomic mass is 16.2. The van der Waals surface area contributed by atoms with Crippen LogP contribution in [0.5, 0.6) is 0 Å². The molecule has 120 valence electrons. The van der Waals surface area contributed by atoms with Gasteiger partial charge in [0, 0.05) is 19.1 Å². The number of imide groups is 1. The van der Waals surface area contributed by atoms with E-state index in [0.29, 0.717) is 25.5 Å². The molecular weight excluding hydrogens is 280 g/mol. The molecule has 4 unspecified atom stereocenters. The number of likely N-dealkylation sites (tertiary alicyclic amines) is 1. The smallest absolute Gasteiger partial charge is 0.233 e. The number of nitrogens with two attached hydrogens (primary N) is 1. The van der Waals surface area contributed by atoms with E-state index in [1.165, 1.54) is 4.90 Å². The quantitative estimate of drug-likeness (QED) is 0.254. The maximum atomic E-state index is 12.5. The van der Waals surface area contributed by atoms with Crippen molar-refractivity contribution in [3.63, 3.8) is 0 Å². The molecule has 2 bridgehead atoms. The molecule has 22 heavy (non-hydrogen) atoms. The van der Waals surface area contributed by atoms with Gasteiger partial charge in [0.1, 0.15) is 0 Å². The minimum atomic E-state index is -0.0984. The van der Waals surface area contributed by atoms with E-state index in [9.17, 15) is 9.59 Å². The topological polar surface area (TPSA) is 87.8 Å². The summed E-state index contributed by atoms with van der Waals surface area (Å²) in [5.74, 6) is 0.805. The predicted molar refractivity (Wildman–Crippen MR) is 83.8 cm³/mol. The van der Waals surface area contributed by atoms with E-state index in [1.807, 2.05) is 13.8 Å². The van der Waals surface area contributed by atoms with Crippen molar-refractivity contribution in [3.05, 3.63) is 12.2 Å². The average Bonchev–Trinajstić information content (AvgIpc) is 3.10. The third-order valence-corrected chi connectivity index (χ3v) is 4.82. The van der Waals surface area contributed by atoms with Gasteiger partial charge in [0.05, 0.1) is 11.8 Å². The van der Waals surface area contributed by atoms with E-state index in [2.05, 4.69) is 22.5 Å². The van der Waals surface area contributed by atoms with Crippen molar-refractivity contribution in [1.82, 2.24) is 10.2 Å². The summed E-state index contributed by atoms with van der Waals surface area (Å²) in [6, 6.07) is 0.243. The first kappa shape index (κ1) is 15.1. The Hall–Kier alpha value is -1.85. The number of hydrogen-bond donors (Lipinski definition) is 2. The first-order valence-corrected chi connectivity index (χ1v) is 8.09. The summed E-state index contributed by atoms with van der Waals surface area (Å²) in [5.41, 5.74) is 5.73. The highest BCUT2D eigenvalue weighted by Crippen LogP contribution is 2.52. The van der Waals surface area contributed by atoms with Gasteiger partial charge in [-0.3, -0.25) is 19.5 Å². The van der Waals surface area contributed by atoms with Crippen LogP contribution in [0.2, 0.25) is 0 Å². The van der Waals surface area contributed by atoms with Crippen molar-refractivity contribution in [2.24, 2.45) is 34.4 Å². The first-order valence-electron chi connectivity index (χ1n) is 8.09. The zero-order chi connectivity index (χ0) is 15.9. The molecule has 1 saturated carbocycles. The van der Waals surface area contributed by atoms with E-state index in [4.69, 9.17) is 5.73 Å². The van der Waals surface area contributed by atoms with Gasteiger partial charge in [-0.25, -0.2) is 0 Å². The lowest BCUT2D eigenvalue weighted by molar-refractivity contribution is -0.140. The van der Waals surface area contributed by atoms with Gasteiger partial charge in [0.25, 0.3) is 0 Å². The lowest BCUT2D eigenvalue weighted by Crippen LogP contribution is -2.37. The van der Waals surface area contributed by atoms with Crippen LogP contribution >= 0.6 is 0 Å². The van der Waals surface area contributed by atoms with Crippen molar-refractivity contribution < 1.29 is 9.59 Å². The summed E-state index contributed by atoms with van der Waals surface area (Å²) >= 11 is 0. The molecule has 1 aliphatic heterocycles. The Kier molecular flexibility index (Phi) is 3.93. The zero-order valence-corrected chi connectivity index (χ0v) is 13.2. The zero-order valence-electron chi connectivity index (χ0n) is 13.2. The van der Waals surface area contributed by atoms with Crippen LogP contribution in [0.15, 0.2) is 17.1 Å². The second-order valence-electron chi connectivity index (χ2n) is 6.75. The van der Waals surface area contributed by atoms with Gasteiger partial charge >= 0.3 is 0 Å². The van der Waals surface area contributed by atoms with Gasteiger partial charge in [0.2, 0.25) is 11.8 Å². The molecule has 3 aliphatic rings. The fourth-order valence-electron chi connectivity index (χ4n) is 3.95. The molecule has 3 rings (SSSR count). The van der Waals surface area contributed by atoms with Crippen LogP contribution in [0.3, 0.4) is 0 Å². The number of guanidine groups is 1. The molecule has 2 fully saturated rings. The minimum Gasteiger partial charge on any atom is -0.370 e. The van der Waals surface area contributed by atoms with Crippen LogP contribution < -0.4 is 11.1 Å². The molecule has 1 saturated heterocycles. The summed E-state index contributed by atoms with van der Waals surface area (Å²) in [4.78, 5) is 30.6. The second kappa shape index (κ2) is 5.74. The van der Waals surface area contributed by atoms with Crippen LogP contribution in [-0.4, -0.2) is 41.8 Å². The third-order valence-electron chi connectivity index (χ3n) is 4.82. The molecule has 0 spiro atoms. The number of rotatable bonds is 5. The van der Waals surface area contributed by atoms with E-state index in [-0.39, 0.29) is 41.5 Å². The normalized spacial score (nSPS) is 33.2. The number of amides is 2. The number of hydrogen-bond acceptors (Lipinski definition) is 3. The predicted octanol–water partition coefficient (Wildman–Crippen LogP) is 0.496. The van der Waals surface area contributed by atoms with Gasteiger partial charge in [-0.05, 0) is 38.5 Å². The van der Waals surface area contributed by atoms with Crippen LogP contribution in [0.1, 0.15) is 26.7 Å². The highest BCUT2D eigenvalue weighted by molar-refractivity contribution is 6.06. The van der Waals surface area contributed by atoms with Gasteiger partial charge in [-0.1, -0.05) is 12.2 Å². The number of nitrogens with one attached hydrogen (secondary N) is 1. The monoisotopic (exact) mass is 304 g/mol. The van der Waals surface area contributed by atoms with E-state index < -0.39 is 0 Å². The lowest BCUT2D eigenvalue weighted by Gasteiger charge is -2.16. The van der Waals surface area contributed by atoms with Gasteiger partial charge in [0.15, 0.2) is 5.96 Å². The summed E-state index contributed by atoms with van der Waals surface area (Å²) in [6.07, 6.45) is 5.86. The van der Waals surface area contributed by atoms with E-state index in [1.54, 1.807) is 0 Å². The first-order chi connectivity index (χ1) is 10.5. The average molecular weight is 304 g/mol. The van der Waals surface area contributed by atoms with Crippen molar-refractivity contribution in [2.75, 3.05) is 13.1 Å². The van der Waals surface area contributed by atoms with E-state index in [0.717, 1.165) is 6.42 Å². The van der Waals surface area contributed by atoms with Crippen LogP contribution in [0.25, 0.3) is 0 Å². The molecule has 1 heterocycles. The Morgan fingerprint density at radius 2 is 1.91 bits per heavy atom. The highest BCUT2D eigenvalue weighted by Gasteiger charge is 2.58. The molecule has 3 N–H and O–H groups in total. The minimum absolute atomic E-state index is 0.0177. The molecule has 2 aliphatic carbocycles. The van der Waals surface area contributed by atoms with E-state index >= 15 is 0 Å². The lowest BCUT2D eigenvalue weighted by atomic mass is 9.85. The Morgan fingerprint density at radius 3 is 2.45 bits per heavy atom. The molecule has 0 aromatic carbocycles. The number of carbonyl (C=O) groups is 2. The fraction of sp³-hybridized carbons (Fsp3) is 0.688. The van der Waals surface area contributed by atoms with Crippen molar-refractivity contribution in [3.8, 4) is 0 Å². The number of allylic oxidation sites excluding steroid dienone is 2. The fourth-order valence-corrected chi connectivity index (χ4v) is 3.95.